The highest BCUT2D eigenvalue weighted by Gasteiger charge is 2.49. The number of rotatable bonds is 3. The molecular weight excluding hydrogens is 563 g/mol. The van der Waals surface area contributed by atoms with Crippen molar-refractivity contribution in [3.8, 4) is 5.75 Å². The normalized spacial score (nSPS) is 22.3. The maximum atomic E-state index is 12.8. The Hall–Kier alpha value is -1.60. The molecule has 34 heavy (non-hydrogen) atoms. The third-order valence-electron chi connectivity index (χ3n) is 7.21. The Morgan fingerprint density at radius 2 is 2.09 bits per heavy atom. The highest BCUT2D eigenvalue weighted by Crippen LogP contribution is 2.49. The minimum Gasteiger partial charge on any atom is -0.497 e. The predicted octanol–water partition coefficient (Wildman–Crippen LogP) is 6.80. The van der Waals surface area contributed by atoms with Gasteiger partial charge in [0.15, 0.2) is 0 Å². The number of alkyl halides is 3. The number of H-pyrrole nitrogens is 1. The predicted molar refractivity (Wildman–Crippen MR) is 139 cm³/mol. The van der Waals surface area contributed by atoms with Crippen molar-refractivity contribution in [1.82, 2.24) is 9.88 Å². The lowest BCUT2D eigenvalue weighted by Gasteiger charge is -2.50. The zero-order valence-electron chi connectivity index (χ0n) is 18.5. The molecule has 1 unspecified atom stereocenters. The molecule has 1 aliphatic carbocycles. The van der Waals surface area contributed by atoms with E-state index in [2.05, 4.69) is 51.2 Å². The lowest BCUT2D eigenvalue weighted by atomic mass is 9.59. The highest BCUT2D eigenvalue weighted by molar-refractivity contribution is 9.10. The van der Waals surface area contributed by atoms with Crippen molar-refractivity contribution in [3.05, 3.63) is 63.8 Å². The van der Waals surface area contributed by atoms with Crippen molar-refractivity contribution in [2.24, 2.45) is 5.92 Å². The van der Waals surface area contributed by atoms with Gasteiger partial charge < -0.3 is 19.4 Å². The van der Waals surface area contributed by atoms with Crippen LogP contribution >= 0.6 is 50.7 Å². The Morgan fingerprint density at radius 3 is 2.85 bits per heavy atom. The van der Waals surface area contributed by atoms with E-state index in [9.17, 15) is 4.79 Å². The lowest BCUT2D eigenvalue weighted by molar-refractivity contribution is 0.0539. The van der Waals surface area contributed by atoms with E-state index in [4.69, 9.17) is 44.3 Å². The van der Waals surface area contributed by atoms with Crippen molar-refractivity contribution in [2.75, 3.05) is 26.8 Å². The second-order valence-electron chi connectivity index (χ2n) is 9.10. The van der Waals surface area contributed by atoms with E-state index in [0.717, 1.165) is 35.0 Å². The molecule has 1 saturated heterocycles. The van der Waals surface area contributed by atoms with Crippen LogP contribution in [0.3, 0.4) is 0 Å². The summed E-state index contributed by atoms with van der Waals surface area (Å²) < 4.78 is 10.3. The Bertz CT molecular complexity index is 1240. The third-order valence-corrected chi connectivity index (χ3v) is 8.03. The molecule has 0 spiro atoms. The largest absolute Gasteiger partial charge is 0.497 e. The monoisotopic (exact) mass is 584 g/mol. The number of aromatic amines is 1. The summed E-state index contributed by atoms with van der Waals surface area (Å²) in [5.74, 6) is 1.03. The molecular formula is C25H24BrCl3N2O3. The summed E-state index contributed by atoms with van der Waals surface area (Å²) >= 11 is 20.9. The van der Waals surface area contributed by atoms with E-state index in [1.807, 2.05) is 12.1 Å². The fraction of sp³-hybridized carbons (Fsp3) is 0.400. The van der Waals surface area contributed by atoms with Crippen LogP contribution in [-0.2, 0) is 23.0 Å². The average Bonchev–Trinajstić information content (AvgIpc) is 3.15. The van der Waals surface area contributed by atoms with E-state index in [0.29, 0.717) is 13.1 Å². The number of fused-ring (bicyclic) bond motifs is 4. The SMILES string of the molecule is COc1cccc([C@]23CCN(C(=O)OCC(Cl)(Cl)Cl)CC2Cc2c([nH]c4cc(Br)ccc24)C3)c1. The topological polar surface area (TPSA) is 54.6 Å². The summed E-state index contributed by atoms with van der Waals surface area (Å²) in [7, 11) is 1.69. The second kappa shape index (κ2) is 9.12. The minimum absolute atomic E-state index is 0.133. The summed E-state index contributed by atoms with van der Waals surface area (Å²) in [6.07, 6.45) is 2.07. The molecule has 1 fully saturated rings. The number of carbonyl (C=O) groups is 1. The number of piperidine rings is 1. The van der Waals surface area contributed by atoms with Gasteiger partial charge >= 0.3 is 6.09 Å². The van der Waals surface area contributed by atoms with Gasteiger partial charge in [-0.15, -0.1) is 0 Å². The number of nitrogens with zero attached hydrogens (tertiary/aromatic N) is 1. The number of ether oxygens (including phenoxy) is 2. The number of amides is 1. The van der Waals surface area contributed by atoms with E-state index in [1.54, 1.807) is 12.0 Å². The number of halogens is 4. The van der Waals surface area contributed by atoms with E-state index >= 15 is 0 Å². The van der Waals surface area contributed by atoms with Gasteiger partial charge in [-0.3, -0.25) is 0 Å². The van der Waals surface area contributed by atoms with Gasteiger partial charge in [0.25, 0.3) is 0 Å². The summed E-state index contributed by atoms with van der Waals surface area (Å²) in [4.78, 5) is 18.2. The lowest BCUT2D eigenvalue weighted by Crippen LogP contribution is -2.55. The average molecular weight is 587 g/mol. The van der Waals surface area contributed by atoms with Gasteiger partial charge in [0.05, 0.1) is 7.11 Å². The standard InChI is InChI=1S/C25H24BrCl3N2O3/c1-33-18-4-2-3-15(9-18)24-7-8-31(23(32)34-14-25(27,28)29)13-16(24)10-20-19-6-5-17(26)11-21(19)30-22(20)12-24/h2-6,9,11,16,30H,7-8,10,12-14H2,1H3/t16?,24-/m1/s1. The van der Waals surface area contributed by atoms with Crippen molar-refractivity contribution < 1.29 is 14.3 Å². The number of benzene rings is 2. The molecule has 3 aromatic rings. The van der Waals surface area contributed by atoms with E-state index in [1.165, 1.54) is 22.2 Å². The van der Waals surface area contributed by atoms with Gasteiger partial charge in [0.2, 0.25) is 3.79 Å². The van der Waals surface area contributed by atoms with Crippen LogP contribution in [0.15, 0.2) is 46.9 Å². The summed E-state index contributed by atoms with van der Waals surface area (Å²) in [5, 5.41) is 1.23. The molecule has 1 aromatic heterocycles. The maximum Gasteiger partial charge on any atom is 0.409 e. The van der Waals surface area contributed by atoms with Crippen LogP contribution < -0.4 is 4.74 Å². The van der Waals surface area contributed by atoms with Crippen molar-refractivity contribution >= 4 is 67.7 Å². The van der Waals surface area contributed by atoms with Crippen molar-refractivity contribution in [3.63, 3.8) is 0 Å². The van der Waals surface area contributed by atoms with Gasteiger partial charge in [-0.1, -0.05) is 68.9 Å². The van der Waals surface area contributed by atoms with Gasteiger partial charge in [-0.2, -0.15) is 0 Å². The smallest absolute Gasteiger partial charge is 0.409 e. The van der Waals surface area contributed by atoms with Gasteiger partial charge in [0, 0.05) is 39.6 Å². The molecule has 0 saturated carbocycles. The van der Waals surface area contributed by atoms with Crippen LogP contribution in [0.5, 0.6) is 5.75 Å². The number of likely N-dealkylation sites (tertiary alicyclic amines) is 1. The van der Waals surface area contributed by atoms with Gasteiger partial charge in [-0.25, -0.2) is 4.79 Å². The molecule has 180 valence electrons. The third kappa shape index (κ3) is 4.50. The number of nitrogens with one attached hydrogen (secondary N) is 1. The zero-order chi connectivity index (χ0) is 24.1. The number of hydrogen-bond acceptors (Lipinski definition) is 3. The molecule has 2 atom stereocenters. The van der Waals surface area contributed by atoms with Crippen LogP contribution in [0.1, 0.15) is 23.2 Å². The first-order valence-electron chi connectivity index (χ1n) is 11.1. The number of aromatic nitrogens is 1. The Kier molecular flexibility index (Phi) is 6.47. The first kappa shape index (κ1) is 24.1. The number of hydrogen-bond donors (Lipinski definition) is 1. The second-order valence-corrected chi connectivity index (χ2v) is 12.5. The van der Waals surface area contributed by atoms with Crippen LogP contribution in [0.25, 0.3) is 10.9 Å². The Morgan fingerprint density at radius 1 is 1.26 bits per heavy atom. The van der Waals surface area contributed by atoms with Crippen molar-refractivity contribution in [1.29, 1.82) is 0 Å². The summed E-state index contributed by atoms with van der Waals surface area (Å²) in [5.41, 5.74) is 4.81. The van der Waals surface area contributed by atoms with E-state index < -0.39 is 9.89 Å². The Labute approximate surface area is 221 Å². The molecule has 2 heterocycles. The summed E-state index contributed by atoms with van der Waals surface area (Å²) in [6.45, 7) is 0.853. The molecule has 2 aromatic carbocycles. The molecule has 0 bridgehead atoms. The zero-order valence-corrected chi connectivity index (χ0v) is 22.4. The van der Waals surface area contributed by atoms with Crippen LogP contribution in [-0.4, -0.2) is 46.6 Å². The molecule has 1 aliphatic heterocycles. The minimum atomic E-state index is -1.63. The first-order chi connectivity index (χ1) is 16.2. The van der Waals surface area contributed by atoms with Crippen LogP contribution in [0.2, 0.25) is 0 Å². The molecule has 1 amide bonds. The van der Waals surface area contributed by atoms with Crippen LogP contribution in [0, 0.1) is 5.92 Å². The quantitative estimate of drug-likeness (QED) is 0.344. The number of carbonyl (C=O) groups excluding carboxylic acids is 1. The fourth-order valence-corrected chi connectivity index (χ4v) is 6.13. The maximum absolute atomic E-state index is 12.8. The highest BCUT2D eigenvalue weighted by atomic mass is 79.9. The van der Waals surface area contributed by atoms with Crippen molar-refractivity contribution in [2.45, 2.75) is 28.5 Å². The summed E-state index contributed by atoms with van der Waals surface area (Å²) in [6, 6.07) is 14.7. The van der Waals surface area contributed by atoms with E-state index in [-0.39, 0.29) is 17.9 Å². The molecule has 5 rings (SSSR count). The van der Waals surface area contributed by atoms with Gasteiger partial charge in [0.1, 0.15) is 12.4 Å². The van der Waals surface area contributed by atoms with Crippen LogP contribution in [0.4, 0.5) is 4.79 Å². The molecule has 5 nitrogen and oxygen atoms in total. The van der Waals surface area contributed by atoms with Gasteiger partial charge in [-0.05, 0) is 60.6 Å². The molecule has 2 aliphatic rings. The molecule has 0 radical (unpaired) electrons. The molecule has 1 N–H and O–H groups in total. The Balaban J connectivity index is 1.52. The fourth-order valence-electron chi connectivity index (χ4n) is 5.61. The number of methoxy groups -OCH3 is 1. The first-order valence-corrected chi connectivity index (χ1v) is 13.0. The molecule has 9 heteroatoms.